The molecule has 3 aromatic rings. The molecule has 2 aliphatic rings. The molecule has 72 heavy (non-hydrogen) atoms. The third kappa shape index (κ3) is 22.0. The van der Waals surface area contributed by atoms with E-state index in [-0.39, 0.29) is 63.3 Å². The number of fused-ring (bicyclic) bond motifs is 7. The number of nitrogens with zero attached hydrogens (tertiary/aromatic N) is 4. The van der Waals surface area contributed by atoms with Gasteiger partial charge in [-0.05, 0) is 112 Å². The van der Waals surface area contributed by atoms with E-state index < -0.39 is 11.9 Å². The number of aliphatic hydroxyl groups is 2. The molecule has 5 rings (SSSR count). The first-order valence-electron chi connectivity index (χ1n) is 24.0. The normalized spacial score (nSPS) is 11.8. The SMILES string of the molecule is CC(=O)[O-].CC(=O)[O-].CCC1=C(CC)c2cc3[nH]c(cnc4cc(OCCOCCOCCOC)c(OCCOCCOCCOC)cc4ncc4nc(cc1n2)C(CCCO)=C4C)c(C)c3CCCO.[Lu]. The molecule has 0 amide bonds. The molecule has 2 aliphatic heterocycles. The number of allylic oxidation sites excluding steroid dienone is 4. The second kappa shape index (κ2) is 36.5. The predicted molar refractivity (Wildman–Crippen MR) is 267 cm³/mol. The largest absolute Gasteiger partial charge is 0.550 e. The zero-order chi connectivity index (χ0) is 52.0. The Morgan fingerprint density at radius 1 is 0.569 bits per heavy atom. The van der Waals surface area contributed by atoms with Gasteiger partial charge in [0.1, 0.15) is 13.2 Å². The molecule has 2 aromatic heterocycles. The Kier molecular flexibility index (Phi) is 32.3. The van der Waals surface area contributed by atoms with Crippen LogP contribution in [-0.4, -0.2) is 154 Å². The van der Waals surface area contributed by atoms with Crippen molar-refractivity contribution in [3.05, 3.63) is 70.6 Å². The van der Waals surface area contributed by atoms with Crippen molar-refractivity contribution in [2.24, 2.45) is 0 Å². The number of carbonyl (C=O) groups excluding carboxylic acids is 2. The van der Waals surface area contributed by atoms with Crippen molar-refractivity contribution in [1.82, 2.24) is 24.9 Å². The number of hydrogen-bond donors (Lipinski definition) is 3. The van der Waals surface area contributed by atoms with Crippen LogP contribution in [-0.2, 0) is 44.4 Å². The number of nitrogens with one attached hydrogen (secondary N) is 1. The molecule has 6 bridgehead atoms. The van der Waals surface area contributed by atoms with Crippen LogP contribution in [0.1, 0.15) is 101 Å². The number of rotatable bonds is 28. The summed E-state index contributed by atoms with van der Waals surface area (Å²) in [6.07, 6.45) is 7.76. The molecule has 1 aromatic carbocycles. The number of hydrogen-bond acceptors (Lipinski definition) is 18. The number of H-pyrrole nitrogens is 1. The van der Waals surface area contributed by atoms with Crippen molar-refractivity contribution in [2.45, 2.75) is 80.1 Å². The third-order valence-electron chi connectivity index (χ3n) is 10.8. The van der Waals surface area contributed by atoms with Gasteiger partial charge in [0.2, 0.25) is 0 Å². The summed E-state index contributed by atoms with van der Waals surface area (Å²) in [6, 6.07) is 7.87. The van der Waals surface area contributed by atoms with Gasteiger partial charge in [-0.1, -0.05) is 13.8 Å². The number of ether oxygens (including phenoxy) is 8. The van der Waals surface area contributed by atoms with E-state index in [1.54, 1.807) is 20.4 Å². The second-order valence-electron chi connectivity index (χ2n) is 16.0. The minimum atomic E-state index is -1.08. The van der Waals surface area contributed by atoms with Crippen molar-refractivity contribution in [3.63, 3.8) is 0 Å². The average Bonchev–Trinajstić information content (AvgIpc) is 3.94. The van der Waals surface area contributed by atoms with E-state index >= 15 is 0 Å². The maximum atomic E-state index is 9.86. The van der Waals surface area contributed by atoms with Crippen LogP contribution in [0.5, 0.6) is 11.5 Å². The summed E-state index contributed by atoms with van der Waals surface area (Å²) in [4.78, 5) is 41.8. The third-order valence-corrected chi connectivity index (χ3v) is 10.8. The van der Waals surface area contributed by atoms with E-state index in [0.29, 0.717) is 120 Å². The zero-order valence-corrected chi connectivity index (χ0v) is 44.6. The molecule has 0 unspecified atom stereocenters. The number of carboxylic acid groups (broad SMARTS) is 2. The van der Waals surface area contributed by atoms with Crippen LogP contribution >= 0.6 is 0 Å². The number of aliphatic hydroxyl groups excluding tert-OH is 2. The fourth-order valence-corrected chi connectivity index (χ4v) is 7.41. The van der Waals surface area contributed by atoms with E-state index in [0.717, 1.165) is 77.1 Å². The summed E-state index contributed by atoms with van der Waals surface area (Å²) in [5.74, 6) is -1.23. The first-order chi connectivity index (χ1) is 34.3. The summed E-state index contributed by atoms with van der Waals surface area (Å²) in [5, 5.41) is 37.5. The van der Waals surface area contributed by atoms with Crippen molar-refractivity contribution < 1.29 is 105 Å². The van der Waals surface area contributed by atoms with Gasteiger partial charge in [-0.2, -0.15) is 0 Å². The number of carbonyl (C=O) groups is 2. The Hall–Kier alpha value is -4.41. The molecule has 0 saturated heterocycles. The minimum Gasteiger partial charge on any atom is -0.550 e. The molecule has 407 valence electrons. The van der Waals surface area contributed by atoms with Crippen molar-refractivity contribution in [2.75, 3.05) is 107 Å². The van der Waals surface area contributed by atoms with Crippen LogP contribution in [0.15, 0.2) is 36.7 Å². The Balaban J connectivity index is 0.00000183. The number of benzene rings is 1. The monoisotopic (exact) mass is 1170 g/mol. The van der Waals surface area contributed by atoms with Crippen LogP contribution in [0.2, 0.25) is 0 Å². The predicted octanol–water partition coefficient (Wildman–Crippen LogP) is 4.64. The van der Waals surface area contributed by atoms with Crippen molar-refractivity contribution in [3.8, 4) is 11.5 Å². The summed E-state index contributed by atoms with van der Waals surface area (Å²) >= 11 is 0. The van der Waals surface area contributed by atoms with Crippen molar-refractivity contribution >= 4 is 56.3 Å². The molecule has 20 heteroatoms. The van der Waals surface area contributed by atoms with Crippen LogP contribution < -0.4 is 19.7 Å². The van der Waals surface area contributed by atoms with E-state index in [1.165, 1.54) is 11.1 Å². The molecule has 3 N–H and O–H groups in total. The number of methoxy groups -OCH3 is 2. The fourth-order valence-electron chi connectivity index (χ4n) is 7.41. The summed E-state index contributed by atoms with van der Waals surface area (Å²) in [7, 11) is 3.28. The molecular weight excluding hydrogens is 1090 g/mol. The Morgan fingerprint density at radius 2 is 0.986 bits per heavy atom. The zero-order valence-electron chi connectivity index (χ0n) is 42.9. The van der Waals surface area contributed by atoms with Crippen LogP contribution in [0.3, 0.4) is 0 Å². The maximum absolute atomic E-state index is 9.86. The quantitative estimate of drug-likeness (QED) is 0.0837. The summed E-state index contributed by atoms with van der Waals surface area (Å²) in [6.45, 7) is 15.5. The topological polar surface area (TPSA) is 262 Å². The van der Waals surface area contributed by atoms with Gasteiger partial charge in [-0.25, -0.2) is 9.97 Å². The van der Waals surface area contributed by atoms with E-state index in [1.807, 2.05) is 25.3 Å². The number of carboxylic acids is 2. The Morgan fingerprint density at radius 3 is 1.46 bits per heavy atom. The second-order valence-corrected chi connectivity index (χ2v) is 16.0. The number of aryl methyl sites for hydroxylation is 2. The molecule has 0 fully saturated rings. The van der Waals surface area contributed by atoms with Gasteiger partial charge in [-0.3, -0.25) is 9.97 Å². The van der Waals surface area contributed by atoms with E-state index in [2.05, 4.69) is 37.9 Å². The molecule has 0 atom stereocenters. The first-order valence-corrected chi connectivity index (χ1v) is 24.0. The fraction of sp³-hybridized carbons (Fsp3) is 0.538. The average molecular weight is 1170 g/mol. The van der Waals surface area contributed by atoms with Gasteiger partial charge in [0.05, 0.1) is 118 Å². The van der Waals surface area contributed by atoms with Gasteiger partial charge in [0.15, 0.2) is 11.5 Å². The molecule has 0 saturated carbocycles. The van der Waals surface area contributed by atoms with Crippen LogP contribution in [0, 0.1) is 43.8 Å². The van der Waals surface area contributed by atoms with Gasteiger partial charge in [-0.15, -0.1) is 0 Å². The maximum Gasteiger partial charge on any atom is 0.163 e. The summed E-state index contributed by atoms with van der Waals surface area (Å²) in [5.41, 5.74) is 12.7. The number of aromatic amines is 1. The van der Waals surface area contributed by atoms with Crippen molar-refractivity contribution in [1.29, 1.82) is 0 Å². The van der Waals surface area contributed by atoms with Gasteiger partial charge >= 0.3 is 0 Å². The van der Waals surface area contributed by atoms with Crippen LogP contribution in [0.25, 0.3) is 44.4 Å². The molecule has 19 nitrogen and oxygen atoms in total. The molecule has 1 radical (unpaired) electrons. The van der Waals surface area contributed by atoms with Crippen LogP contribution in [0.4, 0.5) is 0 Å². The Labute approximate surface area is 452 Å². The molecule has 4 heterocycles. The first kappa shape index (κ1) is 63.7. The minimum absolute atomic E-state index is 0. The van der Waals surface area contributed by atoms with Gasteiger partial charge in [0.25, 0.3) is 0 Å². The Bertz CT molecular complexity index is 2390. The standard InChI is InChI=1S/C48H67N5O10.2C2H4O2.Lu/c1-7-35-36(8-2)40-28-42-38(12-10-14-55)34(4)46(53-42)32-50-44-30-48(63-26-24-61-22-20-59-18-16-57-6)47(62-25-23-60-21-19-58-17-15-56-5)29-43(44)49-31-45-33(3)37(11-9-13-54)41(52-45)27-39(35)51-40;2*1-2(3)4;/h27-32,52,54-55H,7-26H2,1-6H3;2*1H3,(H,3,4);/p-2. The molecule has 0 spiro atoms. The summed E-state index contributed by atoms with van der Waals surface area (Å²) < 4.78 is 45.3. The smallest absolute Gasteiger partial charge is 0.163 e. The van der Waals surface area contributed by atoms with E-state index in [4.69, 9.17) is 77.6 Å². The molecular formula is C52H73LuN5O14-2. The van der Waals surface area contributed by atoms with Gasteiger partial charge in [0, 0.05) is 93.9 Å². The number of aliphatic carboxylic acids is 2. The van der Waals surface area contributed by atoms with E-state index in [9.17, 15) is 10.2 Å². The number of aromatic nitrogens is 5. The van der Waals surface area contributed by atoms with Gasteiger partial charge < -0.3 is 72.9 Å². The molecule has 0 aliphatic carbocycles.